The van der Waals surface area contributed by atoms with Crippen molar-refractivity contribution in [3.63, 3.8) is 0 Å². The maximum atomic E-state index is 12.6. The lowest BCUT2D eigenvalue weighted by atomic mass is 10.0. The molecule has 3 heterocycles. The predicted octanol–water partition coefficient (Wildman–Crippen LogP) is 3.29. The van der Waals surface area contributed by atoms with Crippen molar-refractivity contribution in [3.05, 3.63) is 84.6 Å². The Bertz CT molecular complexity index is 916. The Labute approximate surface area is 162 Å². The lowest BCUT2D eigenvalue weighted by molar-refractivity contribution is -0.116. The largest absolute Gasteiger partial charge is 0.467 e. The zero-order chi connectivity index (χ0) is 18.6. The van der Waals surface area contributed by atoms with Gasteiger partial charge in [0.1, 0.15) is 18.3 Å². The minimum atomic E-state index is -0.260. The van der Waals surface area contributed by atoms with Gasteiger partial charge in [0.2, 0.25) is 5.91 Å². The molecule has 1 saturated heterocycles. The van der Waals surface area contributed by atoms with Gasteiger partial charge in [-0.15, -0.1) is 0 Å². The topological polar surface area (TPSA) is 70.4 Å². The molecule has 6 nitrogen and oxygen atoms in total. The first-order chi connectivity index (χ1) is 13.2. The number of anilines is 1. The third-order valence-electron chi connectivity index (χ3n) is 4.40. The van der Waals surface area contributed by atoms with Crippen LogP contribution in [0.5, 0.6) is 0 Å². The number of hydrogen-bond donors (Lipinski definition) is 2. The van der Waals surface area contributed by atoms with Gasteiger partial charge in [0.25, 0.3) is 0 Å². The average molecular weight is 378 g/mol. The Morgan fingerprint density at radius 1 is 1.15 bits per heavy atom. The first-order valence-electron chi connectivity index (χ1n) is 8.59. The van der Waals surface area contributed by atoms with Crippen LogP contribution < -0.4 is 10.6 Å². The number of para-hydroxylation sites is 1. The van der Waals surface area contributed by atoms with Gasteiger partial charge in [0, 0.05) is 11.9 Å². The molecule has 1 amide bonds. The van der Waals surface area contributed by atoms with Crippen molar-refractivity contribution < 1.29 is 9.21 Å². The summed E-state index contributed by atoms with van der Waals surface area (Å²) in [5.74, 6) is 0.578. The molecule has 1 aliphatic rings. The second kappa shape index (κ2) is 7.59. The van der Waals surface area contributed by atoms with E-state index >= 15 is 0 Å². The highest BCUT2D eigenvalue weighted by Crippen LogP contribution is 2.38. The van der Waals surface area contributed by atoms with Crippen LogP contribution in [0.15, 0.2) is 77.5 Å². The fourth-order valence-corrected chi connectivity index (χ4v) is 3.53. The van der Waals surface area contributed by atoms with Crippen molar-refractivity contribution in [1.82, 2.24) is 15.2 Å². The lowest BCUT2D eigenvalue weighted by Gasteiger charge is -2.25. The lowest BCUT2D eigenvalue weighted by Crippen LogP contribution is -2.36. The Morgan fingerprint density at radius 3 is 2.67 bits per heavy atom. The number of nitrogens with zero attached hydrogens (tertiary/aromatic N) is 2. The minimum Gasteiger partial charge on any atom is -0.467 e. The molecule has 4 rings (SSSR count). The number of carbonyl (C=O) groups is 1. The smallest absolute Gasteiger partial charge is 0.244 e. The molecule has 1 aromatic carbocycles. The molecule has 2 aromatic heterocycles. The number of furan rings is 1. The SMILES string of the molecule is O=C(CN1C(=S)N[C@H](c2ccccn2)[C@@H]1c1ccco1)Nc1ccccc1. The summed E-state index contributed by atoms with van der Waals surface area (Å²) in [6.07, 6.45) is 3.36. The molecule has 0 bridgehead atoms. The molecule has 7 heteroatoms. The molecule has 0 spiro atoms. The molecule has 136 valence electrons. The van der Waals surface area contributed by atoms with E-state index in [4.69, 9.17) is 16.6 Å². The van der Waals surface area contributed by atoms with Gasteiger partial charge < -0.3 is 20.0 Å². The number of pyridine rings is 1. The Balaban J connectivity index is 1.58. The van der Waals surface area contributed by atoms with Gasteiger partial charge in [-0.1, -0.05) is 24.3 Å². The summed E-state index contributed by atoms with van der Waals surface area (Å²) in [5.41, 5.74) is 1.59. The highest BCUT2D eigenvalue weighted by atomic mass is 32.1. The third kappa shape index (κ3) is 3.68. The molecule has 0 unspecified atom stereocenters. The van der Waals surface area contributed by atoms with Gasteiger partial charge >= 0.3 is 0 Å². The van der Waals surface area contributed by atoms with Gasteiger partial charge in [0.05, 0.1) is 18.0 Å². The van der Waals surface area contributed by atoms with Crippen molar-refractivity contribution in [1.29, 1.82) is 0 Å². The van der Waals surface area contributed by atoms with E-state index in [1.807, 2.05) is 65.6 Å². The van der Waals surface area contributed by atoms with E-state index in [1.165, 1.54) is 0 Å². The standard InChI is InChI=1S/C20H18N4O2S/c25-17(22-14-7-2-1-3-8-14)13-24-19(16-10-6-12-26-16)18(23-20(24)27)15-9-4-5-11-21-15/h1-12,18-19H,13H2,(H,22,25)(H,23,27)/t18-,19+/m1/s1. The van der Waals surface area contributed by atoms with Crippen LogP contribution in [0, 0.1) is 0 Å². The zero-order valence-corrected chi connectivity index (χ0v) is 15.2. The summed E-state index contributed by atoms with van der Waals surface area (Å²) < 4.78 is 5.65. The molecule has 2 atom stereocenters. The fourth-order valence-electron chi connectivity index (χ4n) is 3.22. The van der Waals surface area contributed by atoms with Gasteiger partial charge in [0.15, 0.2) is 5.11 Å². The zero-order valence-electron chi connectivity index (χ0n) is 14.4. The normalized spacial score (nSPS) is 19.0. The van der Waals surface area contributed by atoms with E-state index in [2.05, 4.69) is 15.6 Å². The number of carbonyl (C=O) groups excluding carboxylic acids is 1. The number of hydrogen-bond acceptors (Lipinski definition) is 4. The van der Waals surface area contributed by atoms with Crippen LogP contribution in [0.1, 0.15) is 23.5 Å². The van der Waals surface area contributed by atoms with E-state index in [-0.39, 0.29) is 24.5 Å². The van der Waals surface area contributed by atoms with Gasteiger partial charge in [-0.05, 0) is 48.6 Å². The summed E-state index contributed by atoms with van der Waals surface area (Å²) in [6, 6.07) is 18.3. The maximum Gasteiger partial charge on any atom is 0.244 e. The molecule has 27 heavy (non-hydrogen) atoms. The van der Waals surface area contributed by atoms with Crippen molar-refractivity contribution in [3.8, 4) is 0 Å². The Hall–Kier alpha value is -3.19. The quantitative estimate of drug-likeness (QED) is 0.664. The molecule has 3 aromatic rings. The van der Waals surface area contributed by atoms with E-state index in [9.17, 15) is 4.79 Å². The predicted molar refractivity (Wildman–Crippen MR) is 106 cm³/mol. The van der Waals surface area contributed by atoms with Crippen molar-refractivity contribution in [2.24, 2.45) is 0 Å². The van der Waals surface area contributed by atoms with E-state index in [0.717, 1.165) is 17.1 Å². The summed E-state index contributed by atoms with van der Waals surface area (Å²) in [7, 11) is 0. The molecule has 0 aliphatic carbocycles. The van der Waals surface area contributed by atoms with Crippen LogP contribution in [-0.4, -0.2) is 27.4 Å². The first kappa shape index (κ1) is 17.2. The number of rotatable bonds is 5. The minimum absolute atomic E-state index is 0.107. The highest BCUT2D eigenvalue weighted by molar-refractivity contribution is 7.80. The molecule has 2 N–H and O–H groups in total. The van der Waals surface area contributed by atoms with E-state index < -0.39 is 0 Å². The summed E-state index contributed by atoms with van der Waals surface area (Å²) in [5, 5.41) is 6.67. The Kier molecular flexibility index (Phi) is 4.84. The molecule has 0 radical (unpaired) electrons. The number of thiocarbonyl (C=S) groups is 1. The molecule has 1 fully saturated rings. The second-order valence-electron chi connectivity index (χ2n) is 6.18. The van der Waals surface area contributed by atoms with Gasteiger partial charge in [-0.3, -0.25) is 9.78 Å². The van der Waals surface area contributed by atoms with Crippen LogP contribution in [-0.2, 0) is 4.79 Å². The first-order valence-corrected chi connectivity index (χ1v) is 8.99. The van der Waals surface area contributed by atoms with Gasteiger partial charge in [-0.25, -0.2) is 0 Å². The molecule has 1 aliphatic heterocycles. The van der Waals surface area contributed by atoms with E-state index in [0.29, 0.717) is 5.11 Å². The fraction of sp³-hybridized carbons (Fsp3) is 0.150. The molecule has 0 saturated carbocycles. The third-order valence-corrected chi connectivity index (χ3v) is 4.76. The Morgan fingerprint density at radius 2 is 1.96 bits per heavy atom. The van der Waals surface area contributed by atoms with E-state index in [1.54, 1.807) is 12.5 Å². The van der Waals surface area contributed by atoms with Crippen LogP contribution in [0.3, 0.4) is 0 Å². The summed E-state index contributed by atoms with van der Waals surface area (Å²) in [4.78, 5) is 18.9. The second-order valence-corrected chi connectivity index (χ2v) is 6.57. The maximum absolute atomic E-state index is 12.6. The van der Waals surface area contributed by atoms with Crippen molar-refractivity contribution in [2.75, 3.05) is 11.9 Å². The van der Waals surface area contributed by atoms with Crippen LogP contribution in [0.2, 0.25) is 0 Å². The highest BCUT2D eigenvalue weighted by Gasteiger charge is 2.42. The summed E-state index contributed by atoms with van der Waals surface area (Å²) in [6.45, 7) is 0.107. The average Bonchev–Trinajstić information content (AvgIpc) is 3.32. The van der Waals surface area contributed by atoms with Crippen molar-refractivity contribution >= 4 is 28.9 Å². The molecular weight excluding hydrogens is 360 g/mol. The number of aromatic nitrogens is 1. The molecular formula is C20H18N4O2S. The van der Waals surface area contributed by atoms with Gasteiger partial charge in [-0.2, -0.15) is 0 Å². The van der Waals surface area contributed by atoms with Crippen LogP contribution >= 0.6 is 12.2 Å². The van der Waals surface area contributed by atoms with Crippen molar-refractivity contribution in [2.45, 2.75) is 12.1 Å². The van der Waals surface area contributed by atoms with Crippen LogP contribution in [0.25, 0.3) is 0 Å². The number of nitrogens with one attached hydrogen (secondary N) is 2. The van der Waals surface area contributed by atoms with Crippen LogP contribution in [0.4, 0.5) is 5.69 Å². The monoisotopic (exact) mass is 378 g/mol. The summed E-state index contributed by atoms with van der Waals surface area (Å²) >= 11 is 5.52. The number of amides is 1. The number of benzene rings is 1.